The van der Waals surface area contributed by atoms with Crippen molar-refractivity contribution >= 4 is 21.4 Å². The van der Waals surface area contributed by atoms with E-state index >= 15 is 0 Å². The third-order valence-corrected chi connectivity index (χ3v) is 6.36. The van der Waals surface area contributed by atoms with Crippen LogP contribution in [-0.2, 0) is 14.6 Å². The number of fused-ring (bicyclic) bond motifs is 1. The van der Waals surface area contributed by atoms with Gasteiger partial charge in [0.25, 0.3) is 0 Å². The van der Waals surface area contributed by atoms with Crippen molar-refractivity contribution < 1.29 is 13.2 Å². The zero-order chi connectivity index (χ0) is 15.8. The van der Waals surface area contributed by atoms with Crippen LogP contribution in [-0.4, -0.2) is 38.9 Å². The second-order valence-electron chi connectivity index (χ2n) is 6.18. The predicted octanol–water partition coefficient (Wildman–Crippen LogP) is 1.51. The van der Waals surface area contributed by atoms with Crippen LogP contribution in [0.25, 0.3) is 0 Å². The van der Waals surface area contributed by atoms with Crippen molar-refractivity contribution in [1.82, 2.24) is 5.32 Å². The maximum absolute atomic E-state index is 12.1. The number of rotatable bonds is 4. The van der Waals surface area contributed by atoms with E-state index < -0.39 is 14.6 Å². The Morgan fingerprint density at radius 3 is 2.57 bits per heavy atom. The first-order valence-corrected chi connectivity index (χ1v) is 8.81. The molecule has 1 aromatic rings. The summed E-state index contributed by atoms with van der Waals surface area (Å²) in [4.78, 5) is 13.7. The molecule has 0 radical (unpaired) electrons. The van der Waals surface area contributed by atoms with Crippen molar-refractivity contribution in [1.29, 1.82) is 0 Å². The molecular formula is C15H22N2O3S. The SMILES string of the molecule is CN1C(=O)CC(NCC(C)(C)S(C)(=O)=O)c2ccccc21. The van der Waals surface area contributed by atoms with Gasteiger partial charge in [-0.1, -0.05) is 18.2 Å². The van der Waals surface area contributed by atoms with Crippen LogP contribution in [0.1, 0.15) is 31.9 Å². The second-order valence-corrected chi connectivity index (χ2v) is 8.83. The number of para-hydroxylation sites is 1. The van der Waals surface area contributed by atoms with E-state index in [1.807, 2.05) is 24.3 Å². The number of hydrogen-bond donors (Lipinski definition) is 1. The van der Waals surface area contributed by atoms with Crippen LogP contribution in [0.4, 0.5) is 5.69 Å². The van der Waals surface area contributed by atoms with Crippen LogP contribution in [0, 0.1) is 0 Å². The smallest absolute Gasteiger partial charge is 0.228 e. The van der Waals surface area contributed by atoms with Crippen LogP contribution in [0.2, 0.25) is 0 Å². The summed E-state index contributed by atoms with van der Waals surface area (Å²) in [7, 11) is -1.40. The number of nitrogens with zero attached hydrogens (tertiary/aromatic N) is 1. The van der Waals surface area contributed by atoms with E-state index in [1.165, 1.54) is 6.26 Å². The Hall–Kier alpha value is -1.40. The normalized spacial score (nSPS) is 19.5. The highest BCUT2D eigenvalue weighted by atomic mass is 32.2. The van der Waals surface area contributed by atoms with Gasteiger partial charge >= 0.3 is 0 Å². The molecule has 1 amide bonds. The van der Waals surface area contributed by atoms with Gasteiger partial charge in [-0.25, -0.2) is 8.42 Å². The molecule has 0 fully saturated rings. The molecular weight excluding hydrogens is 288 g/mol. The molecule has 21 heavy (non-hydrogen) atoms. The zero-order valence-electron chi connectivity index (χ0n) is 12.9. The summed E-state index contributed by atoms with van der Waals surface area (Å²) in [5.41, 5.74) is 1.91. The van der Waals surface area contributed by atoms with E-state index in [0.29, 0.717) is 13.0 Å². The van der Waals surface area contributed by atoms with Crippen LogP contribution >= 0.6 is 0 Å². The molecule has 0 bridgehead atoms. The average molecular weight is 310 g/mol. The Labute approximate surface area is 126 Å². The summed E-state index contributed by atoms with van der Waals surface area (Å²) in [5.74, 6) is 0.0309. The Kier molecular flexibility index (Phi) is 4.13. The lowest BCUT2D eigenvalue weighted by molar-refractivity contribution is -0.119. The molecule has 0 aliphatic carbocycles. The first-order chi connectivity index (χ1) is 9.63. The summed E-state index contributed by atoms with van der Waals surface area (Å²) in [6.07, 6.45) is 1.58. The molecule has 0 spiro atoms. The number of hydrogen-bond acceptors (Lipinski definition) is 4. The maximum Gasteiger partial charge on any atom is 0.228 e. The summed E-state index contributed by atoms with van der Waals surface area (Å²) >= 11 is 0. The Bertz CT molecular complexity index is 653. The molecule has 1 aliphatic heterocycles. The lowest BCUT2D eigenvalue weighted by Gasteiger charge is -2.34. The van der Waals surface area contributed by atoms with Gasteiger partial charge in [-0.3, -0.25) is 4.79 Å². The van der Waals surface area contributed by atoms with Gasteiger partial charge in [-0.2, -0.15) is 0 Å². The molecule has 1 aromatic carbocycles. The van der Waals surface area contributed by atoms with Crippen molar-refractivity contribution in [2.75, 3.05) is 24.7 Å². The average Bonchev–Trinajstić information content (AvgIpc) is 2.40. The lowest BCUT2D eigenvalue weighted by Crippen LogP contribution is -2.45. The number of benzene rings is 1. The summed E-state index contributed by atoms with van der Waals surface area (Å²) < 4.78 is 22.7. The molecule has 5 nitrogen and oxygen atoms in total. The molecule has 1 unspecified atom stereocenters. The molecule has 1 atom stereocenters. The van der Waals surface area contributed by atoms with E-state index in [9.17, 15) is 13.2 Å². The highest BCUT2D eigenvalue weighted by molar-refractivity contribution is 7.92. The van der Waals surface area contributed by atoms with Crippen molar-refractivity contribution in [3.05, 3.63) is 29.8 Å². The third-order valence-electron chi connectivity index (χ3n) is 4.20. The quantitative estimate of drug-likeness (QED) is 0.915. The van der Waals surface area contributed by atoms with Gasteiger partial charge in [0.15, 0.2) is 9.84 Å². The monoisotopic (exact) mass is 310 g/mol. The molecule has 1 aliphatic rings. The van der Waals surface area contributed by atoms with E-state index in [4.69, 9.17) is 0 Å². The lowest BCUT2D eigenvalue weighted by atomic mass is 9.95. The molecule has 1 N–H and O–H groups in total. The van der Waals surface area contributed by atoms with Gasteiger partial charge in [-0.15, -0.1) is 0 Å². The number of carbonyl (C=O) groups is 1. The van der Waals surface area contributed by atoms with Gasteiger partial charge in [0, 0.05) is 38.0 Å². The zero-order valence-corrected chi connectivity index (χ0v) is 13.7. The van der Waals surface area contributed by atoms with Gasteiger partial charge in [0.1, 0.15) is 0 Å². The van der Waals surface area contributed by atoms with E-state index in [2.05, 4.69) is 5.32 Å². The van der Waals surface area contributed by atoms with E-state index in [-0.39, 0.29) is 11.9 Å². The molecule has 0 saturated heterocycles. The van der Waals surface area contributed by atoms with Crippen LogP contribution in [0.3, 0.4) is 0 Å². The highest BCUT2D eigenvalue weighted by Gasteiger charge is 2.33. The minimum absolute atomic E-state index is 0.0309. The van der Waals surface area contributed by atoms with Gasteiger partial charge in [0.2, 0.25) is 5.91 Å². The van der Waals surface area contributed by atoms with Gasteiger partial charge in [-0.05, 0) is 25.5 Å². The van der Waals surface area contributed by atoms with Crippen molar-refractivity contribution in [3.8, 4) is 0 Å². The number of carbonyl (C=O) groups excluding carboxylic acids is 1. The summed E-state index contributed by atoms with van der Waals surface area (Å²) in [6.45, 7) is 3.69. The highest BCUT2D eigenvalue weighted by Crippen LogP contribution is 2.33. The molecule has 2 rings (SSSR count). The minimum atomic E-state index is -3.16. The minimum Gasteiger partial charge on any atom is -0.315 e. The van der Waals surface area contributed by atoms with Crippen molar-refractivity contribution in [3.63, 3.8) is 0 Å². The fourth-order valence-corrected chi connectivity index (χ4v) is 2.67. The van der Waals surface area contributed by atoms with E-state index in [0.717, 1.165) is 11.3 Å². The molecule has 1 heterocycles. The largest absolute Gasteiger partial charge is 0.315 e. The number of amides is 1. The predicted molar refractivity (Wildman–Crippen MR) is 84.1 cm³/mol. The number of nitrogens with one attached hydrogen (secondary N) is 1. The van der Waals surface area contributed by atoms with Crippen molar-refractivity contribution in [2.24, 2.45) is 0 Å². The maximum atomic E-state index is 12.1. The molecule has 0 saturated carbocycles. The number of anilines is 1. The summed E-state index contributed by atoms with van der Waals surface area (Å²) in [6, 6.07) is 7.56. The fourth-order valence-electron chi connectivity index (χ4n) is 2.33. The topological polar surface area (TPSA) is 66.5 Å². The van der Waals surface area contributed by atoms with Crippen LogP contribution in [0.15, 0.2) is 24.3 Å². The molecule has 0 aromatic heterocycles. The molecule has 6 heteroatoms. The van der Waals surface area contributed by atoms with Crippen LogP contribution < -0.4 is 10.2 Å². The van der Waals surface area contributed by atoms with Crippen LogP contribution in [0.5, 0.6) is 0 Å². The number of sulfone groups is 1. The second kappa shape index (κ2) is 5.42. The Balaban J connectivity index is 2.22. The summed E-state index contributed by atoms with van der Waals surface area (Å²) in [5, 5.41) is 3.25. The van der Waals surface area contributed by atoms with Crippen molar-refractivity contribution in [2.45, 2.75) is 31.1 Å². The standard InChI is InChI=1S/C15H22N2O3S/c1-15(2,21(4,19)20)10-16-12-9-14(18)17(3)13-8-6-5-7-11(12)13/h5-8,12,16H,9-10H2,1-4H3. The first-order valence-electron chi connectivity index (χ1n) is 6.92. The fraction of sp³-hybridized carbons (Fsp3) is 0.533. The van der Waals surface area contributed by atoms with Gasteiger partial charge < -0.3 is 10.2 Å². The molecule has 116 valence electrons. The van der Waals surface area contributed by atoms with Gasteiger partial charge in [0.05, 0.1) is 4.75 Å². The third kappa shape index (κ3) is 3.11. The Morgan fingerprint density at radius 1 is 1.33 bits per heavy atom. The van der Waals surface area contributed by atoms with E-state index in [1.54, 1.807) is 25.8 Å². The first kappa shape index (κ1) is 16.0. The Morgan fingerprint density at radius 2 is 1.95 bits per heavy atom.